The number of carbonyl (C=O) groups excluding carboxylic acids is 1. The quantitative estimate of drug-likeness (QED) is 0.422. The number of carbonyl (C=O) groups is 2. The maximum absolute atomic E-state index is 11.1. The highest BCUT2D eigenvalue weighted by molar-refractivity contribution is 5.77. The normalized spacial score (nSPS) is 12.1. The van der Waals surface area contributed by atoms with Crippen LogP contribution in [-0.2, 0) is 19.1 Å². The van der Waals surface area contributed by atoms with Gasteiger partial charge in [-0.15, -0.1) is 0 Å². The monoisotopic (exact) mass is 234 g/mol. The van der Waals surface area contributed by atoms with Crippen LogP contribution in [0.2, 0.25) is 0 Å². The molecule has 0 aromatic rings. The Labute approximate surface area is 93.9 Å². The number of amides is 1. The van der Waals surface area contributed by atoms with Crippen LogP contribution in [0.3, 0.4) is 0 Å². The molecule has 0 fully saturated rings. The third-order valence-electron chi connectivity index (χ3n) is 1.76. The van der Waals surface area contributed by atoms with E-state index in [9.17, 15) is 9.59 Å². The predicted molar refractivity (Wildman–Crippen MR) is 55.9 cm³/mol. The number of ether oxygens (including phenoxy) is 2. The van der Waals surface area contributed by atoms with E-state index in [1.54, 1.807) is 0 Å². The Bertz CT molecular complexity index is 222. The third kappa shape index (κ3) is 8.16. The van der Waals surface area contributed by atoms with Gasteiger partial charge in [-0.3, -0.25) is 9.59 Å². The first-order valence-electron chi connectivity index (χ1n) is 4.89. The zero-order chi connectivity index (χ0) is 12.4. The van der Waals surface area contributed by atoms with Crippen LogP contribution in [0.5, 0.6) is 0 Å². The van der Waals surface area contributed by atoms with Crippen molar-refractivity contribution in [1.29, 1.82) is 0 Å². The lowest BCUT2D eigenvalue weighted by Gasteiger charge is -2.08. The van der Waals surface area contributed by atoms with E-state index in [4.69, 9.17) is 20.3 Å². The van der Waals surface area contributed by atoms with Gasteiger partial charge in [0.05, 0.1) is 13.2 Å². The van der Waals surface area contributed by atoms with Gasteiger partial charge in [0.2, 0.25) is 5.91 Å². The Morgan fingerprint density at radius 1 is 1.44 bits per heavy atom. The molecule has 7 nitrogen and oxygen atoms in total. The van der Waals surface area contributed by atoms with Crippen molar-refractivity contribution in [2.24, 2.45) is 5.73 Å². The van der Waals surface area contributed by atoms with Gasteiger partial charge in [-0.1, -0.05) is 0 Å². The molecule has 0 aliphatic heterocycles. The predicted octanol–water partition coefficient (Wildman–Crippen LogP) is -1.43. The molecular weight excluding hydrogens is 216 g/mol. The molecule has 0 aliphatic rings. The molecule has 1 atom stereocenters. The highest BCUT2D eigenvalue weighted by atomic mass is 16.5. The lowest BCUT2D eigenvalue weighted by Crippen LogP contribution is -2.36. The summed E-state index contributed by atoms with van der Waals surface area (Å²) in [6, 6.07) is -0.949. The molecule has 0 aromatic carbocycles. The van der Waals surface area contributed by atoms with Crippen molar-refractivity contribution < 1.29 is 24.2 Å². The number of nitrogens with two attached hydrogens (primary N) is 1. The van der Waals surface area contributed by atoms with Gasteiger partial charge in [-0.25, -0.2) is 0 Å². The van der Waals surface area contributed by atoms with E-state index in [1.807, 2.05) is 0 Å². The lowest BCUT2D eigenvalue weighted by atomic mass is 10.2. The van der Waals surface area contributed by atoms with Gasteiger partial charge < -0.3 is 25.6 Å². The van der Waals surface area contributed by atoms with Crippen molar-refractivity contribution in [1.82, 2.24) is 5.32 Å². The second-order valence-electron chi connectivity index (χ2n) is 3.13. The fourth-order valence-electron chi connectivity index (χ4n) is 0.849. The first-order chi connectivity index (χ1) is 7.57. The first-order valence-corrected chi connectivity index (χ1v) is 4.89. The summed E-state index contributed by atoms with van der Waals surface area (Å²) in [6.45, 7) is 0.932. The van der Waals surface area contributed by atoms with Crippen LogP contribution in [0.4, 0.5) is 0 Å². The zero-order valence-corrected chi connectivity index (χ0v) is 9.27. The molecule has 0 rings (SSSR count). The van der Waals surface area contributed by atoms with Gasteiger partial charge in [-0.05, 0) is 6.42 Å². The maximum atomic E-state index is 11.1. The molecule has 0 saturated heterocycles. The number of aliphatic carboxylic acids is 1. The van der Waals surface area contributed by atoms with E-state index in [0.29, 0.717) is 13.2 Å². The van der Waals surface area contributed by atoms with E-state index in [0.717, 1.165) is 0 Å². The van der Waals surface area contributed by atoms with Crippen molar-refractivity contribution in [3.8, 4) is 0 Å². The molecule has 16 heavy (non-hydrogen) atoms. The highest BCUT2D eigenvalue weighted by Crippen LogP contribution is 1.86. The molecule has 0 bridgehead atoms. The van der Waals surface area contributed by atoms with Crippen LogP contribution in [-0.4, -0.2) is 56.5 Å². The standard InChI is InChI=1S/C9H18N2O5/c1-15-4-5-16-6-8(12)11-3-2-7(10)9(13)14/h7H,2-6,10H2,1H3,(H,11,12)(H,13,14). The van der Waals surface area contributed by atoms with E-state index in [-0.39, 0.29) is 25.5 Å². The highest BCUT2D eigenvalue weighted by Gasteiger charge is 2.11. The molecule has 0 spiro atoms. The van der Waals surface area contributed by atoms with Crippen LogP contribution in [0.15, 0.2) is 0 Å². The molecule has 0 aliphatic carbocycles. The average molecular weight is 234 g/mol. The SMILES string of the molecule is COCCOCC(=O)NCCC(N)C(=O)O. The molecular formula is C9H18N2O5. The summed E-state index contributed by atoms with van der Waals surface area (Å²) in [5.41, 5.74) is 5.24. The fraction of sp³-hybridized carbons (Fsp3) is 0.778. The number of hydrogen-bond donors (Lipinski definition) is 3. The Morgan fingerprint density at radius 3 is 2.69 bits per heavy atom. The van der Waals surface area contributed by atoms with E-state index in [1.165, 1.54) is 7.11 Å². The Kier molecular flexibility index (Phi) is 8.41. The molecule has 4 N–H and O–H groups in total. The summed E-state index contributed by atoms with van der Waals surface area (Å²) in [4.78, 5) is 21.4. The second-order valence-corrected chi connectivity index (χ2v) is 3.13. The molecule has 1 amide bonds. The average Bonchev–Trinajstić information content (AvgIpc) is 2.24. The van der Waals surface area contributed by atoms with Gasteiger partial charge in [0.25, 0.3) is 0 Å². The minimum atomic E-state index is -1.08. The van der Waals surface area contributed by atoms with E-state index >= 15 is 0 Å². The largest absolute Gasteiger partial charge is 0.480 e. The van der Waals surface area contributed by atoms with Crippen LogP contribution in [0, 0.1) is 0 Å². The minimum Gasteiger partial charge on any atom is -0.480 e. The molecule has 0 saturated carbocycles. The number of methoxy groups -OCH3 is 1. The summed E-state index contributed by atoms with van der Waals surface area (Å²) in [5.74, 6) is -1.38. The van der Waals surface area contributed by atoms with E-state index in [2.05, 4.69) is 5.32 Å². The van der Waals surface area contributed by atoms with Gasteiger partial charge in [0, 0.05) is 13.7 Å². The Morgan fingerprint density at radius 2 is 2.12 bits per heavy atom. The van der Waals surface area contributed by atoms with Crippen LogP contribution < -0.4 is 11.1 Å². The summed E-state index contributed by atoms with van der Waals surface area (Å²) < 4.78 is 9.68. The summed E-state index contributed by atoms with van der Waals surface area (Å²) in [5, 5.41) is 11.0. The first kappa shape index (κ1) is 14.8. The van der Waals surface area contributed by atoms with Crippen LogP contribution >= 0.6 is 0 Å². The number of carboxylic acids is 1. The third-order valence-corrected chi connectivity index (χ3v) is 1.76. The zero-order valence-electron chi connectivity index (χ0n) is 9.27. The molecule has 1 unspecified atom stereocenters. The van der Waals surface area contributed by atoms with Gasteiger partial charge in [-0.2, -0.15) is 0 Å². The molecule has 94 valence electrons. The smallest absolute Gasteiger partial charge is 0.320 e. The minimum absolute atomic E-state index is 0.0638. The summed E-state index contributed by atoms with van der Waals surface area (Å²) in [7, 11) is 1.54. The van der Waals surface area contributed by atoms with Gasteiger partial charge >= 0.3 is 5.97 Å². The molecule has 7 heteroatoms. The molecule has 0 aromatic heterocycles. The number of carboxylic acid groups (broad SMARTS) is 1. The summed E-state index contributed by atoms with van der Waals surface area (Å²) in [6.07, 6.45) is 0.194. The topological polar surface area (TPSA) is 111 Å². The van der Waals surface area contributed by atoms with E-state index < -0.39 is 12.0 Å². The van der Waals surface area contributed by atoms with Crippen molar-refractivity contribution >= 4 is 11.9 Å². The maximum Gasteiger partial charge on any atom is 0.320 e. The van der Waals surface area contributed by atoms with Crippen LogP contribution in [0.1, 0.15) is 6.42 Å². The Balaban J connectivity index is 3.40. The van der Waals surface area contributed by atoms with Crippen molar-refractivity contribution in [2.45, 2.75) is 12.5 Å². The Hall–Kier alpha value is -1.18. The van der Waals surface area contributed by atoms with Crippen molar-refractivity contribution in [3.63, 3.8) is 0 Å². The number of hydrogen-bond acceptors (Lipinski definition) is 5. The molecule has 0 heterocycles. The van der Waals surface area contributed by atoms with Crippen molar-refractivity contribution in [2.75, 3.05) is 33.5 Å². The number of rotatable bonds is 9. The van der Waals surface area contributed by atoms with Crippen LogP contribution in [0.25, 0.3) is 0 Å². The van der Waals surface area contributed by atoms with Gasteiger partial charge in [0.1, 0.15) is 12.6 Å². The number of nitrogens with one attached hydrogen (secondary N) is 1. The lowest BCUT2D eigenvalue weighted by molar-refractivity contribution is -0.138. The fourth-order valence-corrected chi connectivity index (χ4v) is 0.849. The summed E-state index contributed by atoms with van der Waals surface area (Å²) >= 11 is 0. The molecule has 0 radical (unpaired) electrons. The second kappa shape index (κ2) is 9.08. The van der Waals surface area contributed by atoms with Gasteiger partial charge in [0.15, 0.2) is 0 Å². The van der Waals surface area contributed by atoms with Crippen molar-refractivity contribution in [3.05, 3.63) is 0 Å².